The molecule has 0 fully saturated rings. The highest BCUT2D eigenvalue weighted by Gasteiger charge is 2.07. The summed E-state index contributed by atoms with van der Waals surface area (Å²) in [6.07, 6.45) is 0. The largest absolute Gasteiger partial charge is 0.497 e. The van der Waals surface area contributed by atoms with E-state index >= 15 is 0 Å². The van der Waals surface area contributed by atoms with Crippen LogP contribution in [0, 0.1) is 0 Å². The third-order valence-electron chi connectivity index (χ3n) is 4.65. The van der Waals surface area contributed by atoms with Crippen molar-refractivity contribution < 1.29 is 9.53 Å². The van der Waals surface area contributed by atoms with E-state index in [0.29, 0.717) is 18.7 Å². The van der Waals surface area contributed by atoms with Gasteiger partial charge in [0, 0.05) is 24.0 Å². The molecule has 4 rings (SSSR count). The van der Waals surface area contributed by atoms with E-state index < -0.39 is 0 Å². The first kappa shape index (κ1) is 19.0. The molecule has 0 bridgehead atoms. The highest BCUT2D eigenvalue weighted by Crippen LogP contribution is 2.26. The average molecular weight is 404 g/mol. The van der Waals surface area contributed by atoms with Gasteiger partial charge in [-0.05, 0) is 59.1 Å². The van der Waals surface area contributed by atoms with Crippen LogP contribution in [-0.4, -0.2) is 30.5 Å². The summed E-state index contributed by atoms with van der Waals surface area (Å²) in [5.74, 6) is 1.60. The van der Waals surface area contributed by atoms with Crippen molar-refractivity contribution in [2.24, 2.45) is 0 Å². The molecule has 0 atom stereocenters. The van der Waals surface area contributed by atoms with E-state index in [9.17, 15) is 4.79 Å². The van der Waals surface area contributed by atoms with Gasteiger partial charge in [0.2, 0.25) is 0 Å². The summed E-state index contributed by atoms with van der Waals surface area (Å²) in [6.45, 7) is 1.13. The summed E-state index contributed by atoms with van der Waals surface area (Å²) in [5, 5.41) is 7.34. The third-order valence-corrected chi connectivity index (χ3v) is 5.48. The number of ether oxygens (including phenoxy) is 1. The van der Waals surface area contributed by atoms with E-state index in [4.69, 9.17) is 4.74 Å². The van der Waals surface area contributed by atoms with E-state index in [1.54, 1.807) is 7.11 Å². The van der Waals surface area contributed by atoms with Crippen molar-refractivity contribution in [3.63, 3.8) is 0 Å². The predicted octanol–water partition coefficient (Wildman–Crippen LogP) is 4.81. The predicted molar refractivity (Wildman–Crippen MR) is 119 cm³/mol. The molecule has 0 saturated heterocycles. The summed E-state index contributed by atoms with van der Waals surface area (Å²) >= 11 is 1.47. The van der Waals surface area contributed by atoms with Gasteiger partial charge in [0.05, 0.1) is 11.8 Å². The fourth-order valence-electron chi connectivity index (χ4n) is 3.07. The summed E-state index contributed by atoms with van der Waals surface area (Å²) in [6, 6.07) is 23.6. The molecule has 3 aromatic carbocycles. The number of fused-ring (bicyclic) bond motifs is 1. The molecule has 0 saturated carbocycles. The number of benzene rings is 3. The van der Waals surface area contributed by atoms with Gasteiger partial charge in [-0.25, -0.2) is 0 Å². The molecular formula is C23H21N3O2S. The van der Waals surface area contributed by atoms with Gasteiger partial charge < -0.3 is 15.4 Å². The molecule has 1 amide bonds. The molecule has 0 radical (unpaired) electrons. The Balaban J connectivity index is 1.30. The lowest BCUT2D eigenvalue weighted by Crippen LogP contribution is -2.28. The second kappa shape index (κ2) is 8.75. The number of anilines is 1. The van der Waals surface area contributed by atoms with Gasteiger partial charge in [-0.15, -0.1) is 0 Å². The summed E-state index contributed by atoms with van der Waals surface area (Å²) in [4.78, 5) is 12.4. The molecule has 6 heteroatoms. The van der Waals surface area contributed by atoms with E-state index in [1.807, 2.05) is 66.7 Å². The minimum Gasteiger partial charge on any atom is -0.497 e. The second-order valence-electron chi connectivity index (χ2n) is 6.52. The Kier molecular flexibility index (Phi) is 5.72. The smallest absolute Gasteiger partial charge is 0.251 e. The van der Waals surface area contributed by atoms with Gasteiger partial charge in [-0.1, -0.05) is 36.4 Å². The number of nitrogens with zero attached hydrogens (tertiary/aromatic N) is 1. The van der Waals surface area contributed by atoms with Crippen LogP contribution in [-0.2, 0) is 0 Å². The van der Waals surface area contributed by atoms with Crippen molar-refractivity contribution in [2.75, 3.05) is 25.5 Å². The molecule has 0 aliphatic carbocycles. The number of amides is 1. The van der Waals surface area contributed by atoms with Crippen LogP contribution in [0.15, 0.2) is 72.8 Å². The third kappa shape index (κ3) is 4.38. The van der Waals surface area contributed by atoms with Gasteiger partial charge in [0.25, 0.3) is 5.91 Å². The molecule has 0 aliphatic heterocycles. The van der Waals surface area contributed by atoms with Gasteiger partial charge in [-0.2, -0.15) is 4.37 Å². The topological polar surface area (TPSA) is 63.2 Å². The van der Waals surface area contributed by atoms with Crippen LogP contribution in [0.2, 0.25) is 0 Å². The van der Waals surface area contributed by atoms with Crippen molar-refractivity contribution in [3.05, 3.63) is 78.4 Å². The number of aromatic nitrogens is 1. The first-order valence-electron chi connectivity index (χ1n) is 9.35. The Morgan fingerprint density at radius 2 is 1.62 bits per heavy atom. The molecule has 146 valence electrons. The zero-order valence-electron chi connectivity index (χ0n) is 16.0. The van der Waals surface area contributed by atoms with E-state index in [0.717, 1.165) is 32.8 Å². The monoisotopic (exact) mass is 403 g/mol. The Labute approximate surface area is 173 Å². The molecule has 0 unspecified atom stereocenters. The number of rotatable bonds is 7. The normalized spacial score (nSPS) is 10.7. The molecule has 0 spiro atoms. The fraction of sp³-hybridized carbons (Fsp3) is 0.130. The second-order valence-corrected chi connectivity index (χ2v) is 7.32. The number of nitrogens with one attached hydrogen (secondary N) is 2. The summed E-state index contributed by atoms with van der Waals surface area (Å²) in [5.41, 5.74) is 2.78. The Morgan fingerprint density at radius 3 is 2.34 bits per heavy atom. The molecule has 4 aromatic rings. The molecule has 29 heavy (non-hydrogen) atoms. The highest BCUT2D eigenvalue weighted by molar-refractivity contribution is 7.13. The van der Waals surface area contributed by atoms with Crippen molar-refractivity contribution in [1.29, 1.82) is 0 Å². The van der Waals surface area contributed by atoms with Crippen molar-refractivity contribution in [2.45, 2.75) is 0 Å². The number of hydrogen-bond acceptors (Lipinski definition) is 5. The fourth-order valence-corrected chi connectivity index (χ4v) is 3.82. The van der Waals surface area contributed by atoms with E-state index in [1.165, 1.54) is 11.5 Å². The average Bonchev–Trinajstić information content (AvgIpc) is 3.20. The zero-order chi connectivity index (χ0) is 20.1. The molecule has 0 aliphatic rings. The van der Waals surface area contributed by atoms with Crippen LogP contribution in [0.4, 0.5) is 5.82 Å². The first-order chi connectivity index (χ1) is 14.2. The molecular weight excluding hydrogens is 382 g/mol. The maximum Gasteiger partial charge on any atom is 0.251 e. The SMILES string of the molecule is COc1ccc(-c2ccc(C(=O)NCCNc3nsc4ccccc34)cc2)cc1. The van der Waals surface area contributed by atoms with Crippen LogP contribution in [0.1, 0.15) is 10.4 Å². The summed E-state index contributed by atoms with van der Waals surface area (Å²) in [7, 11) is 1.65. The lowest BCUT2D eigenvalue weighted by atomic mass is 10.0. The highest BCUT2D eigenvalue weighted by atomic mass is 32.1. The molecule has 1 heterocycles. The number of methoxy groups -OCH3 is 1. The van der Waals surface area contributed by atoms with E-state index in [2.05, 4.69) is 21.1 Å². The quantitative estimate of drug-likeness (QED) is 0.435. The number of carbonyl (C=O) groups is 1. The van der Waals surface area contributed by atoms with Gasteiger partial charge in [0.1, 0.15) is 11.6 Å². The summed E-state index contributed by atoms with van der Waals surface area (Å²) < 4.78 is 10.8. The van der Waals surface area contributed by atoms with Gasteiger partial charge >= 0.3 is 0 Å². The van der Waals surface area contributed by atoms with Crippen LogP contribution >= 0.6 is 11.5 Å². The minimum atomic E-state index is -0.0868. The Morgan fingerprint density at radius 1 is 0.931 bits per heavy atom. The Bertz CT molecular complexity index is 1110. The minimum absolute atomic E-state index is 0.0868. The van der Waals surface area contributed by atoms with Crippen molar-refractivity contribution in [3.8, 4) is 16.9 Å². The molecule has 1 aromatic heterocycles. The van der Waals surface area contributed by atoms with Gasteiger partial charge in [-0.3, -0.25) is 4.79 Å². The van der Waals surface area contributed by atoms with Crippen LogP contribution in [0.3, 0.4) is 0 Å². The van der Waals surface area contributed by atoms with Crippen LogP contribution in [0.25, 0.3) is 21.2 Å². The molecule has 5 nitrogen and oxygen atoms in total. The number of hydrogen-bond donors (Lipinski definition) is 2. The standard InChI is InChI=1S/C23H21N3O2S/c1-28-19-12-10-17(11-13-19)16-6-8-18(9-7-16)23(27)25-15-14-24-22-20-4-2-3-5-21(20)29-26-22/h2-13H,14-15H2,1H3,(H,24,26)(H,25,27). The first-order valence-corrected chi connectivity index (χ1v) is 10.1. The lowest BCUT2D eigenvalue weighted by Gasteiger charge is -2.08. The number of carbonyl (C=O) groups excluding carboxylic acids is 1. The van der Waals surface area contributed by atoms with Crippen LogP contribution in [0.5, 0.6) is 5.75 Å². The Hall–Kier alpha value is -3.38. The lowest BCUT2D eigenvalue weighted by molar-refractivity contribution is 0.0955. The van der Waals surface area contributed by atoms with Crippen molar-refractivity contribution >= 4 is 33.3 Å². The molecule has 2 N–H and O–H groups in total. The maximum atomic E-state index is 12.4. The van der Waals surface area contributed by atoms with Crippen molar-refractivity contribution in [1.82, 2.24) is 9.69 Å². The maximum absolute atomic E-state index is 12.4. The van der Waals surface area contributed by atoms with Crippen LogP contribution < -0.4 is 15.4 Å². The zero-order valence-corrected chi connectivity index (χ0v) is 16.8. The van der Waals surface area contributed by atoms with Gasteiger partial charge in [0.15, 0.2) is 0 Å². The van der Waals surface area contributed by atoms with E-state index in [-0.39, 0.29) is 5.91 Å².